The summed E-state index contributed by atoms with van der Waals surface area (Å²) in [6.07, 6.45) is 6.52. The highest BCUT2D eigenvalue weighted by Gasteiger charge is 2.22. The SMILES string of the molecule is c1cc(C2CC2)ccc1CNCc1cn[nH]c1. The van der Waals surface area contributed by atoms with E-state index in [1.54, 1.807) is 0 Å². The van der Waals surface area contributed by atoms with E-state index in [1.165, 1.54) is 29.5 Å². The van der Waals surface area contributed by atoms with Gasteiger partial charge < -0.3 is 5.32 Å². The molecule has 0 spiro atoms. The molecule has 2 aromatic rings. The van der Waals surface area contributed by atoms with Gasteiger partial charge in [-0.1, -0.05) is 24.3 Å². The molecule has 1 aromatic heterocycles. The van der Waals surface area contributed by atoms with E-state index in [2.05, 4.69) is 39.8 Å². The Bertz CT molecular complexity index is 455. The van der Waals surface area contributed by atoms with Gasteiger partial charge in [-0.05, 0) is 29.9 Å². The standard InChI is InChI=1S/C14H17N3/c1-3-13(14-5-6-14)4-2-11(1)7-15-8-12-9-16-17-10-12/h1-4,9-10,14-15H,5-8H2,(H,16,17). The summed E-state index contributed by atoms with van der Waals surface area (Å²) in [5.74, 6) is 0.850. The summed E-state index contributed by atoms with van der Waals surface area (Å²) in [7, 11) is 0. The van der Waals surface area contributed by atoms with Gasteiger partial charge in [-0.3, -0.25) is 5.10 Å². The van der Waals surface area contributed by atoms with Gasteiger partial charge in [0.15, 0.2) is 0 Å². The molecule has 1 aliphatic rings. The van der Waals surface area contributed by atoms with Crippen LogP contribution in [-0.4, -0.2) is 10.2 Å². The lowest BCUT2D eigenvalue weighted by atomic mass is 10.1. The maximum atomic E-state index is 3.92. The second kappa shape index (κ2) is 4.72. The third-order valence-electron chi connectivity index (χ3n) is 3.24. The molecule has 0 atom stereocenters. The highest BCUT2D eigenvalue weighted by Crippen LogP contribution is 2.39. The van der Waals surface area contributed by atoms with E-state index < -0.39 is 0 Å². The van der Waals surface area contributed by atoms with Crippen LogP contribution in [0, 0.1) is 0 Å². The normalized spacial score (nSPS) is 15.1. The maximum absolute atomic E-state index is 3.92. The lowest BCUT2D eigenvalue weighted by Crippen LogP contribution is -2.12. The topological polar surface area (TPSA) is 40.7 Å². The van der Waals surface area contributed by atoms with Crippen LogP contribution in [0.1, 0.15) is 35.4 Å². The van der Waals surface area contributed by atoms with Crippen molar-refractivity contribution in [2.45, 2.75) is 31.8 Å². The molecule has 1 saturated carbocycles. The predicted molar refractivity (Wildman–Crippen MR) is 67.5 cm³/mol. The van der Waals surface area contributed by atoms with E-state index in [9.17, 15) is 0 Å². The Morgan fingerprint density at radius 1 is 1.12 bits per heavy atom. The number of aromatic nitrogens is 2. The van der Waals surface area contributed by atoms with Gasteiger partial charge in [0.2, 0.25) is 0 Å². The van der Waals surface area contributed by atoms with Gasteiger partial charge in [-0.15, -0.1) is 0 Å². The molecule has 17 heavy (non-hydrogen) atoms. The molecule has 0 saturated heterocycles. The monoisotopic (exact) mass is 227 g/mol. The van der Waals surface area contributed by atoms with Gasteiger partial charge in [0.25, 0.3) is 0 Å². The number of hydrogen-bond donors (Lipinski definition) is 2. The number of nitrogens with one attached hydrogen (secondary N) is 2. The minimum Gasteiger partial charge on any atom is -0.309 e. The fraction of sp³-hybridized carbons (Fsp3) is 0.357. The molecule has 88 valence electrons. The highest BCUT2D eigenvalue weighted by molar-refractivity contribution is 5.28. The van der Waals surface area contributed by atoms with E-state index in [-0.39, 0.29) is 0 Å². The molecular weight excluding hydrogens is 210 g/mol. The van der Waals surface area contributed by atoms with Crippen molar-refractivity contribution in [3.8, 4) is 0 Å². The van der Waals surface area contributed by atoms with E-state index in [0.717, 1.165) is 19.0 Å². The Morgan fingerprint density at radius 2 is 1.88 bits per heavy atom. The van der Waals surface area contributed by atoms with Crippen LogP contribution in [0.25, 0.3) is 0 Å². The molecular formula is C14H17N3. The quantitative estimate of drug-likeness (QED) is 0.824. The van der Waals surface area contributed by atoms with Crippen LogP contribution in [-0.2, 0) is 13.1 Å². The minimum absolute atomic E-state index is 0.850. The van der Waals surface area contributed by atoms with Crippen molar-refractivity contribution in [3.63, 3.8) is 0 Å². The van der Waals surface area contributed by atoms with Crippen molar-refractivity contribution in [2.75, 3.05) is 0 Å². The average molecular weight is 227 g/mol. The van der Waals surface area contributed by atoms with E-state index in [1.807, 2.05) is 12.4 Å². The van der Waals surface area contributed by atoms with Crippen LogP contribution in [0.4, 0.5) is 0 Å². The zero-order chi connectivity index (χ0) is 11.5. The third kappa shape index (κ3) is 2.74. The van der Waals surface area contributed by atoms with Crippen molar-refractivity contribution in [3.05, 3.63) is 53.3 Å². The smallest absolute Gasteiger partial charge is 0.0532 e. The molecule has 3 nitrogen and oxygen atoms in total. The Hall–Kier alpha value is -1.61. The molecule has 0 bridgehead atoms. The summed E-state index contributed by atoms with van der Waals surface area (Å²) in [6, 6.07) is 9.01. The second-order valence-electron chi connectivity index (χ2n) is 4.73. The third-order valence-corrected chi connectivity index (χ3v) is 3.24. The zero-order valence-electron chi connectivity index (χ0n) is 9.82. The van der Waals surface area contributed by atoms with Gasteiger partial charge >= 0.3 is 0 Å². The highest BCUT2D eigenvalue weighted by atomic mass is 15.1. The number of rotatable bonds is 5. The van der Waals surface area contributed by atoms with Crippen molar-refractivity contribution in [1.82, 2.24) is 15.5 Å². The van der Waals surface area contributed by atoms with Crippen LogP contribution in [0.5, 0.6) is 0 Å². The van der Waals surface area contributed by atoms with Gasteiger partial charge in [0.05, 0.1) is 6.20 Å². The Morgan fingerprint density at radius 3 is 2.53 bits per heavy atom. The molecule has 1 heterocycles. The average Bonchev–Trinajstić information content (AvgIpc) is 3.08. The summed E-state index contributed by atoms with van der Waals surface area (Å²) in [6.45, 7) is 1.77. The summed E-state index contributed by atoms with van der Waals surface area (Å²) in [4.78, 5) is 0. The summed E-state index contributed by atoms with van der Waals surface area (Å²) in [5, 5.41) is 10.1. The number of hydrogen-bond acceptors (Lipinski definition) is 2. The van der Waals surface area contributed by atoms with Crippen LogP contribution in [0.2, 0.25) is 0 Å². The molecule has 0 unspecified atom stereocenters. The van der Waals surface area contributed by atoms with E-state index in [4.69, 9.17) is 0 Å². The fourth-order valence-electron chi connectivity index (χ4n) is 2.05. The number of aromatic amines is 1. The number of nitrogens with zero attached hydrogens (tertiary/aromatic N) is 1. The fourth-order valence-corrected chi connectivity index (χ4v) is 2.05. The van der Waals surface area contributed by atoms with Crippen molar-refractivity contribution in [2.24, 2.45) is 0 Å². The predicted octanol–water partition coefficient (Wildman–Crippen LogP) is 2.58. The lowest BCUT2D eigenvalue weighted by molar-refractivity contribution is 0.693. The van der Waals surface area contributed by atoms with Gasteiger partial charge in [0, 0.05) is 24.8 Å². The van der Waals surface area contributed by atoms with Gasteiger partial charge in [0.1, 0.15) is 0 Å². The lowest BCUT2D eigenvalue weighted by Gasteiger charge is -2.04. The maximum Gasteiger partial charge on any atom is 0.0532 e. The zero-order valence-corrected chi connectivity index (χ0v) is 9.82. The first-order valence-corrected chi connectivity index (χ1v) is 6.19. The van der Waals surface area contributed by atoms with Crippen molar-refractivity contribution >= 4 is 0 Å². The molecule has 3 rings (SSSR count). The summed E-state index contributed by atoms with van der Waals surface area (Å²) >= 11 is 0. The molecule has 2 N–H and O–H groups in total. The molecule has 3 heteroatoms. The van der Waals surface area contributed by atoms with Crippen LogP contribution in [0.3, 0.4) is 0 Å². The minimum atomic E-state index is 0.850. The molecule has 1 aliphatic carbocycles. The summed E-state index contributed by atoms with van der Waals surface area (Å²) in [5.41, 5.74) is 4.04. The second-order valence-corrected chi connectivity index (χ2v) is 4.73. The van der Waals surface area contributed by atoms with Crippen molar-refractivity contribution < 1.29 is 0 Å². The first-order valence-electron chi connectivity index (χ1n) is 6.19. The molecule has 1 fully saturated rings. The molecule has 0 radical (unpaired) electrons. The van der Waals surface area contributed by atoms with Crippen LogP contribution < -0.4 is 5.32 Å². The first-order chi connectivity index (χ1) is 8.42. The Balaban J connectivity index is 1.51. The van der Waals surface area contributed by atoms with Crippen LogP contribution in [0.15, 0.2) is 36.7 Å². The Labute approximate surface area is 101 Å². The first kappa shape index (κ1) is 10.5. The summed E-state index contributed by atoms with van der Waals surface area (Å²) < 4.78 is 0. The van der Waals surface area contributed by atoms with E-state index >= 15 is 0 Å². The Kier molecular flexibility index (Phi) is 2.92. The van der Waals surface area contributed by atoms with Gasteiger partial charge in [-0.2, -0.15) is 5.10 Å². The van der Waals surface area contributed by atoms with Crippen LogP contribution >= 0.6 is 0 Å². The number of H-pyrrole nitrogens is 1. The molecule has 0 aliphatic heterocycles. The number of benzene rings is 1. The molecule has 0 amide bonds. The van der Waals surface area contributed by atoms with E-state index in [0.29, 0.717) is 0 Å². The largest absolute Gasteiger partial charge is 0.309 e. The van der Waals surface area contributed by atoms with Gasteiger partial charge in [-0.25, -0.2) is 0 Å². The molecule has 1 aromatic carbocycles. The van der Waals surface area contributed by atoms with Crippen molar-refractivity contribution in [1.29, 1.82) is 0 Å².